The molecule has 29 heteroatoms. The second-order valence-electron chi connectivity index (χ2n) is 22.1. The molecule has 1 aromatic carbocycles. The number of hydrogen-bond acceptors (Lipinski definition) is 18. The predicted molar refractivity (Wildman–Crippen MR) is 343 cm³/mol. The van der Waals surface area contributed by atoms with Crippen LogP contribution in [0.5, 0.6) is 0 Å². The number of rotatable bonds is 14. The molecule has 6 aromatic heterocycles. The number of hydrogen-bond donors (Lipinski definition) is 6. The molecule has 0 bridgehead atoms. The Morgan fingerprint density at radius 2 is 1.08 bits per heavy atom. The van der Waals surface area contributed by atoms with Gasteiger partial charge in [0.15, 0.2) is 0 Å². The molecule has 18 nitrogen and oxygen atoms in total. The second kappa shape index (κ2) is 29.0. The SMILES string of the molecule is C=C(F)c1ccc(N2CCNC(CC(F)(F)F)C2)nc1C(=O)c1cccnc1N.Cc1cnc(N)c(C(=O)c2nc(N3CCN[C@@H](CC(C)C)C3)ccc2C(F)(F)F)c1.Nc1ncccc1C(=O)c1nc(N2CCNC(c3cccc(Cl)c3)C2)ccc1C(F)(F)F.[HH].[HH].[HH].[HH].[HH].[HH].[HH].[HH]. The van der Waals surface area contributed by atoms with Gasteiger partial charge in [0.2, 0.25) is 17.3 Å². The van der Waals surface area contributed by atoms with Crippen molar-refractivity contribution in [2.75, 3.05) is 90.8 Å². The Labute approximate surface area is 533 Å². The van der Waals surface area contributed by atoms with Crippen molar-refractivity contribution in [3.05, 3.63) is 183 Å². The van der Waals surface area contributed by atoms with Crippen molar-refractivity contribution in [2.24, 2.45) is 5.92 Å². The summed E-state index contributed by atoms with van der Waals surface area (Å²) in [7, 11) is 0. The monoisotopic (exact) mass is 1310 g/mol. The van der Waals surface area contributed by atoms with Crippen molar-refractivity contribution in [2.45, 2.75) is 70.3 Å². The molecule has 3 aliphatic rings. The number of nitrogen functional groups attached to an aromatic ring is 3. The number of piperazine rings is 3. The first kappa shape index (κ1) is 68.1. The summed E-state index contributed by atoms with van der Waals surface area (Å²) in [6.45, 7) is 13.3. The maximum atomic E-state index is 13.9. The summed E-state index contributed by atoms with van der Waals surface area (Å²) in [6.07, 6.45) is -9.59. The molecular formula is C62H80ClF10N15O3. The number of pyridine rings is 6. The van der Waals surface area contributed by atoms with E-state index >= 15 is 0 Å². The van der Waals surface area contributed by atoms with E-state index in [9.17, 15) is 58.3 Å². The molecule has 9 heterocycles. The number of carbonyl (C=O) groups is 3. The van der Waals surface area contributed by atoms with E-state index in [-0.39, 0.29) is 87.1 Å². The largest absolute Gasteiger partial charge is 0.418 e. The van der Waals surface area contributed by atoms with Crippen LogP contribution < -0.4 is 47.9 Å². The summed E-state index contributed by atoms with van der Waals surface area (Å²) >= 11 is 6.09. The highest BCUT2D eigenvalue weighted by molar-refractivity contribution is 6.30. The molecule has 7 aromatic rings. The minimum absolute atomic E-state index is 0. The van der Waals surface area contributed by atoms with E-state index in [1.807, 2.05) is 28.0 Å². The van der Waals surface area contributed by atoms with Crippen LogP contribution in [0.2, 0.25) is 5.02 Å². The number of aryl methyl sites for hydroxylation is 1. The van der Waals surface area contributed by atoms with Gasteiger partial charge in [-0.3, -0.25) is 14.4 Å². The van der Waals surface area contributed by atoms with Gasteiger partial charge in [-0.25, -0.2) is 34.3 Å². The molecule has 9 N–H and O–H groups in total. The highest BCUT2D eigenvalue weighted by Crippen LogP contribution is 2.37. The molecule has 2 unspecified atom stereocenters. The van der Waals surface area contributed by atoms with Crippen LogP contribution in [0.1, 0.15) is 120 Å². The quantitative estimate of drug-likeness (QED) is 0.0437. The fourth-order valence-corrected chi connectivity index (χ4v) is 10.7. The number of alkyl halides is 9. The van der Waals surface area contributed by atoms with Crippen molar-refractivity contribution in [3.8, 4) is 0 Å². The first-order valence-corrected chi connectivity index (χ1v) is 28.9. The second-order valence-corrected chi connectivity index (χ2v) is 22.5. The lowest BCUT2D eigenvalue weighted by Gasteiger charge is -2.35. The van der Waals surface area contributed by atoms with Gasteiger partial charge in [-0.1, -0.05) is 44.2 Å². The van der Waals surface area contributed by atoms with Crippen LogP contribution in [0.4, 0.5) is 78.8 Å². The van der Waals surface area contributed by atoms with E-state index in [0.29, 0.717) is 74.7 Å². The predicted octanol–water partition coefficient (Wildman–Crippen LogP) is 12.5. The Balaban J connectivity index is 0.00000140. The topological polar surface area (TPSA) is 252 Å². The van der Waals surface area contributed by atoms with Crippen LogP contribution in [0.25, 0.3) is 5.83 Å². The zero-order valence-corrected chi connectivity index (χ0v) is 50.1. The number of halogens is 11. The Morgan fingerprint density at radius 1 is 0.604 bits per heavy atom. The summed E-state index contributed by atoms with van der Waals surface area (Å²) in [6, 6.07) is 21.0. The zero-order valence-electron chi connectivity index (χ0n) is 49.3. The molecule has 3 atom stereocenters. The van der Waals surface area contributed by atoms with Crippen LogP contribution in [-0.2, 0) is 12.4 Å². The molecule has 3 saturated heterocycles. The Hall–Kier alpha value is -8.86. The molecule has 0 aliphatic carbocycles. The van der Waals surface area contributed by atoms with Crippen molar-refractivity contribution in [1.82, 2.24) is 45.9 Å². The van der Waals surface area contributed by atoms with E-state index < -0.39 is 76.7 Å². The number of nitrogens with two attached hydrogens (primary N) is 3. The van der Waals surface area contributed by atoms with Crippen LogP contribution in [0.15, 0.2) is 116 Å². The van der Waals surface area contributed by atoms with E-state index in [0.717, 1.165) is 24.1 Å². The molecule has 91 heavy (non-hydrogen) atoms. The van der Waals surface area contributed by atoms with Gasteiger partial charge in [0.05, 0.1) is 34.2 Å². The maximum Gasteiger partial charge on any atom is 0.418 e. The van der Waals surface area contributed by atoms with Crippen LogP contribution in [0, 0.1) is 12.8 Å². The normalized spacial score (nSPS) is 17.1. The van der Waals surface area contributed by atoms with Gasteiger partial charge in [0.1, 0.15) is 57.8 Å². The van der Waals surface area contributed by atoms with Crippen molar-refractivity contribution >= 4 is 69.7 Å². The molecule has 0 saturated carbocycles. The van der Waals surface area contributed by atoms with E-state index in [4.69, 9.17) is 28.8 Å². The van der Waals surface area contributed by atoms with E-state index in [2.05, 4.69) is 66.3 Å². The number of anilines is 6. The highest BCUT2D eigenvalue weighted by Gasteiger charge is 2.40. The first-order valence-electron chi connectivity index (χ1n) is 28.5. The lowest BCUT2D eigenvalue weighted by molar-refractivity contribution is -0.140. The summed E-state index contributed by atoms with van der Waals surface area (Å²) in [4.78, 5) is 68.4. The van der Waals surface area contributed by atoms with Gasteiger partial charge in [0, 0.05) is 118 Å². The first-order chi connectivity index (χ1) is 42.9. The summed E-state index contributed by atoms with van der Waals surface area (Å²) < 4.78 is 134. The Kier molecular flexibility index (Phi) is 21.7. The fourth-order valence-electron chi connectivity index (χ4n) is 10.5. The standard InChI is InChI=1S/C22H19ClF3N5O.C21H26F3N5O.C19H19F4N5O.8H2/c23-14-4-1-3-13(11-14)17-12-31(10-9-28-17)18-7-6-16(22(24,25)26)19(30-18)20(32)15-5-2-8-29-21(15)27;1-12(2)8-14-11-29(7-6-26-14)17-5-4-16(21(22,23)24)18(28-17)19(30)15-9-13(3)10-27-20(15)25;1-11(20)13-4-5-15(28-8-7-25-12(10-28)9-19(21,22)23)27-16(13)17(29)14-3-2-6-26-18(14)24;;;;;;;;/h1-8,11,17,28H,9-10,12H2,(H2,27,29);4-5,9-10,12,14,26H,6-8,11H2,1-3H3,(H2,25,27);2-6,12,25H,1,7-10H2,(H2,24,26);8*1H/t;14-;;;;;;;;;/m.0........./s1. The summed E-state index contributed by atoms with van der Waals surface area (Å²) in [5.41, 5.74) is 14.8. The zero-order chi connectivity index (χ0) is 66.1. The van der Waals surface area contributed by atoms with Crippen molar-refractivity contribution < 1.29 is 69.7 Å². The highest BCUT2D eigenvalue weighted by atomic mass is 35.5. The van der Waals surface area contributed by atoms with Gasteiger partial charge < -0.3 is 47.9 Å². The van der Waals surface area contributed by atoms with Gasteiger partial charge >= 0.3 is 18.5 Å². The average Bonchev–Trinajstić information content (AvgIpc) is 0.814. The van der Waals surface area contributed by atoms with Gasteiger partial charge in [0.25, 0.3) is 0 Å². The third-order valence-electron chi connectivity index (χ3n) is 14.8. The van der Waals surface area contributed by atoms with E-state index in [1.54, 1.807) is 17.9 Å². The number of benzene rings is 1. The van der Waals surface area contributed by atoms with E-state index in [1.165, 1.54) is 73.2 Å². The third-order valence-corrected chi connectivity index (χ3v) is 15.0. The minimum Gasteiger partial charge on any atom is -0.383 e. The number of ketones is 3. The maximum absolute atomic E-state index is 13.9. The molecule has 498 valence electrons. The smallest absolute Gasteiger partial charge is 0.383 e. The molecule has 0 spiro atoms. The average molecular weight is 1310 g/mol. The molecule has 3 fully saturated rings. The van der Waals surface area contributed by atoms with Crippen molar-refractivity contribution in [3.63, 3.8) is 0 Å². The summed E-state index contributed by atoms with van der Waals surface area (Å²) in [5.74, 6) is -2.24. The third kappa shape index (κ3) is 17.6. The number of nitrogens with zero attached hydrogens (tertiary/aromatic N) is 9. The van der Waals surface area contributed by atoms with Gasteiger partial charge in [-0.05, 0) is 109 Å². The van der Waals surface area contributed by atoms with Gasteiger partial charge in [-0.15, -0.1) is 0 Å². The molecule has 0 radical (unpaired) electrons. The van der Waals surface area contributed by atoms with Crippen LogP contribution in [-0.4, -0.2) is 124 Å². The lowest BCUT2D eigenvalue weighted by Crippen LogP contribution is -2.52. The van der Waals surface area contributed by atoms with Crippen LogP contribution in [0.3, 0.4) is 0 Å². The Morgan fingerprint density at radius 3 is 1.58 bits per heavy atom. The fraction of sp³-hybridized carbons (Fsp3) is 0.339. The number of nitrogens with one attached hydrogen (secondary N) is 3. The summed E-state index contributed by atoms with van der Waals surface area (Å²) in [5, 5.41) is 10.2. The van der Waals surface area contributed by atoms with Crippen molar-refractivity contribution in [1.29, 1.82) is 0 Å². The molecular weight excluding hydrogens is 1230 g/mol. The molecule has 0 amide bonds. The lowest BCUT2D eigenvalue weighted by atomic mass is 10.0. The Bertz CT molecular complexity index is 3820. The number of carbonyl (C=O) groups excluding carboxylic acids is 3. The minimum atomic E-state index is -4.75. The number of aromatic nitrogens is 6. The van der Waals surface area contributed by atoms with Gasteiger partial charge in [-0.2, -0.15) is 39.5 Å². The molecule has 10 rings (SSSR count). The molecule has 3 aliphatic heterocycles. The van der Waals surface area contributed by atoms with Crippen LogP contribution >= 0.6 is 11.6 Å².